The zero-order chi connectivity index (χ0) is 11.0. The Hall–Kier alpha value is -1.91. The third-order valence-corrected chi connectivity index (χ3v) is 1.27. The summed E-state index contributed by atoms with van der Waals surface area (Å²) < 4.78 is 0. The molecule has 1 aromatic carbocycles. The molecule has 1 rings (SSSR count). The van der Waals surface area contributed by atoms with Gasteiger partial charge in [0, 0.05) is 18.6 Å². The van der Waals surface area contributed by atoms with Crippen LogP contribution in [0.15, 0.2) is 30.3 Å². The van der Waals surface area contributed by atoms with Crippen molar-refractivity contribution in [3.8, 4) is 0 Å². The molecule has 0 aliphatic carbocycles. The lowest BCUT2D eigenvalue weighted by Gasteiger charge is -1.85. The lowest BCUT2D eigenvalue weighted by molar-refractivity contribution is -0.384. The monoisotopic (exact) mass is 197 g/mol. The lowest BCUT2D eigenvalue weighted by atomic mass is 10.3. The van der Waals surface area contributed by atoms with Crippen LogP contribution in [0.3, 0.4) is 0 Å². The molecule has 0 amide bonds. The van der Waals surface area contributed by atoms with Crippen molar-refractivity contribution in [1.29, 1.82) is 0 Å². The van der Waals surface area contributed by atoms with E-state index in [1.807, 2.05) is 0 Å². The second-order valence-corrected chi connectivity index (χ2v) is 2.34. The summed E-state index contributed by atoms with van der Waals surface area (Å²) in [5.41, 5.74) is 0.137. The molecule has 76 valence electrons. The van der Waals surface area contributed by atoms with Crippen molar-refractivity contribution in [2.45, 2.75) is 13.3 Å². The zero-order valence-electron chi connectivity index (χ0n) is 7.71. The maximum Gasteiger partial charge on any atom is 0.303 e. The number of benzene rings is 1. The van der Waals surface area contributed by atoms with Gasteiger partial charge in [0.15, 0.2) is 0 Å². The fraction of sp³-hybridized carbons (Fsp3) is 0.222. The summed E-state index contributed by atoms with van der Waals surface area (Å²) in [5.74, 6) is -0.745. The van der Waals surface area contributed by atoms with Crippen LogP contribution in [0.1, 0.15) is 13.3 Å². The minimum Gasteiger partial charge on any atom is -0.481 e. The predicted octanol–water partition coefficient (Wildman–Crippen LogP) is 2.08. The van der Waals surface area contributed by atoms with Crippen LogP contribution in [0.25, 0.3) is 0 Å². The summed E-state index contributed by atoms with van der Waals surface area (Å²) in [6.07, 6.45) is 0.222. The molecular weight excluding hydrogens is 186 g/mol. The first kappa shape index (κ1) is 12.1. The highest BCUT2D eigenvalue weighted by Gasteiger charge is 1.98. The molecule has 0 saturated carbocycles. The van der Waals surface area contributed by atoms with E-state index in [9.17, 15) is 14.9 Å². The predicted molar refractivity (Wildman–Crippen MR) is 51.0 cm³/mol. The van der Waals surface area contributed by atoms with Gasteiger partial charge in [0.05, 0.1) is 4.92 Å². The van der Waals surface area contributed by atoms with Gasteiger partial charge >= 0.3 is 5.97 Å². The van der Waals surface area contributed by atoms with E-state index < -0.39 is 10.9 Å². The molecule has 0 radical (unpaired) electrons. The number of carbonyl (C=O) groups is 1. The van der Waals surface area contributed by atoms with Gasteiger partial charge in [0.1, 0.15) is 0 Å². The molecule has 0 aromatic heterocycles. The van der Waals surface area contributed by atoms with Crippen LogP contribution in [-0.2, 0) is 4.79 Å². The first-order valence-electron chi connectivity index (χ1n) is 3.99. The Labute approximate surface area is 81.1 Å². The van der Waals surface area contributed by atoms with Crippen molar-refractivity contribution >= 4 is 11.7 Å². The van der Waals surface area contributed by atoms with E-state index in [4.69, 9.17) is 5.11 Å². The first-order chi connectivity index (χ1) is 6.57. The number of rotatable bonds is 2. The Kier molecular flexibility index (Phi) is 5.69. The van der Waals surface area contributed by atoms with Gasteiger partial charge in [-0.05, 0) is 0 Å². The highest BCUT2D eigenvalue weighted by Crippen LogP contribution is 2.06. The number of carboxylic acid groups (broad SMARTS) is 1. The summed E-state index contributed by atoms with van der Waals surface area (Å²) in [7, 11) is 0. The number of hydrogen-bond acceptors (Lipinski definition) is 3. The summed E-state index contributed by atoms with van der Waals surface area (Å²) in [5, 5.41) is 17.7. The second kappa shape index (κ2) is 6.59. The van der Waals surface area contributed by atoms with Crippen LogP contribution < -0.4 is 0 Å². The second-order valence-electron chi connectivity index (χ2n) is 2.34. The highest BCUT2D eigenvalue weighted by atomic mass is 16.6. The number of aliphatic carboxylic acids is 1. The molecule has 14 heavy (non-hydrogen) atoms. The van der Waals surface area contributed by atoms with Gasteiger partial charge in [-0.25, -0.2) is 0 Å². The third kappa shape index (κ3) is 5.70. The van der Waals surface area contributed by atoms with E-state index in [1.165, 1.54) is 12.1 Å². The van der Waals surface area contributed by atoms with Crippen LogP contribution >= 0.6 is 0 Å². The minimum atomic E-state index is -0.745. The Balaban J connectivity index is 0.000000292. The summed E-state index contributed by atoms with van der Waals surface area (Å²) >= 11 is 0. The van der Waals surface area contributed by atoms with Crippen LogP contribution in [0, 0.1) is 10.1 Å². The number of para-hydroxylation sites is 1. The Morgan fingerprint density at radius 1 is 1.43 bits per heavy atom. The highest BCUT2D eigenvalue weighted by molar-refractivity contribution is 5.66. The van der Waals surface area contributed by atoms with Crippen molar-refractivity contribution in [2.75, 3.05) is 0 Å². The molecule has 5 heteroatoms. The first-order valence-corrected chi connectivity index (χ1v) is 3.99. The lowest BCUT2D eigenvalue weighted by Crippen LogP contribution is -1.86. The van der Waals surface area contributed by atoms with E-state index in [-0.39, 0.29) is 12.1 Å². The number of nitro groups is 1. The van der Waals surface area contributed by atoms with E-state index in [1.54, 1.807) is 25.1 Å². The molecular formula is C9H11NO4. The number of nitro benzene ring substituents is 1. The smallest absolute Gasteiger partial charge is 0.303 e. The van der Waals surface area contributed by atoms with Gasteiger partial charge in [-0.15, -0.1) is 0 Å². The summed E-state index contributed by atoms with van der Waals surface area (Å²) in [6.45, 7) is 1.60. The van der Waals surface area contributed by atoms with Crippen molar-refractivity contribution in [3.05, 3.63) is 40.4 Å². The molecule has 0 aliphatic heterocycles. The van der Waals surface area contributed by atoms with E-state index in [2.05, 4.69) is 0 Å². The number of non-ortho nitro benzene ring substituents is 1. The van der Waals surface area contributed by atoms with Gasteiger partial charge in [-0.3, -0.25) is 14.9 Å². The average molecular weight is 197 g/mol. The average Bonchev–Trinajstić information content (AvgIpc) is 2.20. The number of hydrogen-bond donors (Lipinski definition) is 1. The molecule has 0 aliphatic rings. The fourth-order valence-electron chi connectivity index (χ4n) is 0.550. The van der Waals surface area contributed by atoms with Crippen molar-refractivity contribution in [2.24, 2.45) is 0 Å². The summed E-state index contributed by atoms with van der Waals surface area (Å²) in [6, 6.07) is 7.93. The van der Waals surface area contributed by atoms with E-state index in [0.717, 1.165) is 0 Å². The normalized spacial score (nSPS) is 8.36. The van der Waals surface area contributed by atoms with Gasteiger partial charge in [-0.1, -0.05) is 25.1 Å². The topological polar surface area (TPSA) is 80.4 Å². The molecule has 0 fully saturated rings. The van der Waals surface area contributed by atoms with Crippen LogP contribution in [0.2, 0.25) is 0 Å². The van der Waals surface area contributed by atoms with Gasteiger partial charge in [-0.2, -0.15) is 0 Å². The van der Waals surface area contributed by atoms with Crippen LogP contribution in [0.5, 0.6) is 0 Å². The molecule has 0 bridgehead atoms. The molecule has 5 nitrogen and oxygen atoms in total. The molecule has 0 saturated heterocycles. The van der Waals surface area contributed by atoms with Gasteiger partial charge in [0.2, 0.25) is 0 Å². The van der Waals surface area contributed by atoms with E-state index in [0.29, 0.717) is 0 Å². The molecule has 0 atom stereocenters. The minimum absolute atomic E-state index is 0.137. The SMILES string of the molecule is CCC(=O)O.O=[N+]([O-])c1ccccc1. The van der Waals surface area contributed by atoms with Crippen molar-refractivity contribution in [1.82, 2.24) is 0 Å². The molecule has 0 unspecified atom stereocenters. The molecule has 0 spiro atoms. The summed E-state index contributed by atoms with van der Waals surface area (Å²) in [4.78, 5) is 19.0. The zero-order valence-corrected chi connectivity index (χ0v) is 7.71. The Morgan fingerprint density at radius 3 is 2.07 bits per heavy atom. The Morgan fingerprint density at radius 2 is 1.86 bits per heavy atom. The van der Waals surface area contributed by atoms with E-state index >= 15 is 0 Å². The number of carboxylic acids is 1. The molecule has 0 heterocycles. The molecule has 1 aromatic rings. The quantitative estimate of drug-likeness (QED) is 0.581. The van der Waals surface area contributed by atoms with Crippen molar-refractivity contribution in [3.63, 3.8) is 0 Å². The standard InChI is InChI=1S/C6H5NO2.C3H6O2/c8-7(9)6-4-2-1-3-5-6;1-2-3(4)5/h1-5H;2H2,1H3,(H,4,5). The fourth-order valence-corrected chi connectivity index (χ4v) is 0.550. The van der Waals surface area contributed by atoms with Gasteiger partial charge < -0.3 is 5.11 Å². The third-order valence-electron chi connectivity index (χ3n) is 1.27. The maximum absolute atomic E-state index is 10.0. The van der Waals surface area contributed by atoms with Crippen LogP contribution in [-0.4, -0.2) is 16.0 Å². The largest absolute Gasteiger partial charge is 0.481 e. The maximum atomic E-state index is 10.0. The Bertz CT molecular complexity index is 297. The number of nitrogens with zero attached hydrogens (tertiary/aromatic N) is 1. The van der Waals surface area contributed by atoms with Crippen molar-refractivity contribution < 1.29 is 14.8 Å². The van der Waals surface area contributed by atoms with Crippen LogP contribution in [0.4, 0.5) is 5.69 Å². The van der Waals surface area contributed by atoms with Gasteiger partial charge in [0.25, 0.3) is 5.69 Å². The molecule has 1 N–H and O–H groups in total.